The van der Waals surface area contributed by atoms with Crippen LogP contribution in [0.4, 0.5) is 5.69 Å². The first-order valence-electron chi connectivity index (χ1n) is 7.51. The molecule has 1 saturated heterocycles. The molecule has 1 fully saturated rings. The topological polar surface area (TPSA) is 66.5 Å². The van der Waals surface area contributed by atoms with Crippen LogP contribution < -0.4 is 5.32 Å². The molecule has 122 valence electrons. The number of sulfonamides is 1. The number of carbonyl (C=O) groups excluding carboxylic acids is 1. The number of hydrogen-bond acceptors (Lipinski definition) is 4. The summed E-state index contributed by atoms with van der Waals surface area (Å²) in [7, 11) is -3.49. The van der Waals surface area contributed by atoms with Crippen LogP contribution in [0.15, 0.2) is 46.0 Å². The lowest BCUT2D eigenvalue weighted by molar-refractivity contribution is 0.102. The summed E-state index contributed by atoms with van der Waals surface area (Å²) in [5, 5.41) is 6.32. The molecule has 7 heteroatoms. The molecule has 0 aliphatic carbocycles. The number of thiophene rings is 1. The number of rotatable bonds is 4. The predicted octanol–water partition coefficient (Wildman–Crippen LogP) is 3.18. The van der Waals surface area contributed by atoms with Crippen molar-refractivity contribution in [2.24, 2.45) is 0 Å². The Hall–Kier alpha value is -1.70. The number of hydrogen-bond donors (Lipinski definition) is 1. The molecule has 2 aromatic rings. The average molecular weight is 350 g/mol. The molecule has 3 rings (SSSR count). The van der Waals surface area contributed by atoms with Crippen LogP contribution in [-0.2, 0) is 10.0 Å². The quantitative estimate of drug-likeness (QED) is 0.921. The third-order valence-electron chi connectivity index (χ3n) is 3.83. The van der Waals surface area contributed by atoms with Gasteiger partial charge in [-0.15, -0.1) is 0 Å². The van der Waals surface area contributed by atoms with E-state index in [1.165, 1.54) is 21.7 Å². The minimum Gasteiger partial charge on any atom is -0.322 e. The highest BCUT2D eigenvalue weighted by atomic mass is 32.2. The number of amides is 1. The van der Waals surface area contributed by atoms with Crippen molar-refractivity contribution < 1.29 is 13.2 Å². The fourth-order valence-electron chi connectivity index (χ4n) is 2.59. The number of benzene rings is 1. The number of carbonyl (C=O) groups is 1. The summed E-state index contributed by atoms with van der Waals surface area (Å²) in [6.07, 6.45) is 2.87. The minimum atomic E-state index is -3.49. The van der Waals surface area contributed by atoms with Gasteiger partial charge in [0.15, 0.2) is 0 Å². The Bertz CT molecular complexity index is 779. The van der Waals surface area contributed by atoms with E-state index >= 15 is 0 Å². The smallest absolute Gasteiger partial charge is 0.256 e. The van der Waals surface area contributed by atoms with Gasteiger partial charge < -0.3 is 5.32 Å². The first kappa shape index (κ1) is 16.2. The zero-order valence-electron chi connectivity index (χ0n) is 12.6. The zero-order valence-corrected chi connectivity index (χ0v) is 14.2. The maximum atomic E-state index is 12.7. The molecule has 1 aliphatic heterocycles. The van der Waals surface area contributed by atoms with E-state index in [-0.39, 0.29) is 10.8 Å². The van der Waals surface area contributed by atoms with Gasteiger partial charge in [-0.25, -0.2) is 8.42 Å². The molecule has 1 aromatic carbocycles. The van der Waals surface area contributed by atoms with Gasteiger partial charge in [0.25, 0.3) is 5.91 Å². The van der Waals surface area contributed by atoms with Crippen LogP contribution >= 0.6 is 11.3 Å². The van der Waals surface area contributed by atoms with E-state index in [0.29, 0.717) is 24.3 Å². The van der Waals surface area contributed by atoms with E-state index in [9.17, 15) is 13.2 Å². The van der Waals surface area contributed by atoms with Crippen molar-refractivity contribution in [1.82, 2.24) is 4.31 Å². The molecule has 0 spiro atoms. The van der Waals surface area contributed by atoms with Crippen molar-refractivity contribution in [2.75, 3.05) is 18.4 Å². The lowest BCUT2D eigenvalue weighted by Crippen LogP contribution is -2.35. The van der Waals surface area contributed by atoms with Gasteiger partial charge >= 0.3 is 0 Å². The Morgan fingerprint density at radius 1 is 1.13 bits per heavy atom. The third-order valence-corrected chi connectivity index (χ3v) is 6.41. The van der Waals surface area contributed by atoms with Crippen LogP contribution in [0.1, 0.15) is 29.6 Å². The second-order valence-corrected chi connectivity index (χ2v) is 8.18. The standard InChI is InChI=1S/C16H18N2O3S2/c19-16(13-7-10-22-12-13)17-14-5-4-6-15(11-14)23(20,21)18-8-2-1-3-9-18/h4-7,10-12H,1-3,8-9H2,(H,17,19). The molecule has 23 heavy (non-hydrogen) atoms. The maximum absolute atomic E-state index is 12.7. The molecular weight excluding hydrogens is 332 g/mol. The Morgan fingerprint density at radius 3 is 2.61 bits per heavy atom. The molecule has 0 radical (unpaired) electrons. The van der Waals surface area contributed by atoms with Crippen molar-refractivity contribution in [3.63, 3.8) is 0 Å². The van der Waals surface area contributed by atoms with E-state index in [1.54, 1.807) is 29.6 Å². The van der Waals surface area contributed by atoms with Crippen LogP contribution in [0.3, 0.4) is 0 Å². The number of piperidine rings is 1. The molecule has 1 aromatic heterocycles. The van der Waals surface area contributed by atoms with E-state index in [2.05, 4.69) is 5.32 Å². The first-order chi connectivity index (χ1) is 11.1. The van der Waals surface area contributed by atoms with E-state index in [0.717, 1.165) is 19.3 Å². The molecule has 2 heterocycles. The molecule has 0 unspecified atom stereocenters. The fraction of sp³-hybridized carbons (Fsp3) is 0.312. The highest BCUT2D eigenvalue weighted by Gasteiger charge is 2.26. The van der Waals surface area contributed by atoms with Crippen molar-refractivity contribution >= 4 is 33.0 Å². The van der Waals surface area contributed by atoms with Gasteiger partial charge in [-0.2, -0.15) is 15.6 Å². The summed E-state index contributed by atoms with van der Waals surface area (Å²) in [5.41, 5.74) is 1.05. The fourth-order valence-corrected chi connectivity index (χ4v) is 4.79. The van der Waals surface area contributed by atoms with Crippen molar-refractivity contribution in [2.45, 2.75) is 24.2 Å². The number of anilines is 1. The summed E-state index contributed by atoms with van der Waals surface area (Å²) in [4.78, 5) is 12.3. The molecule has 0 bridgehead atoms. The molecule has 1 amide bonds. The summed E-state index contributed by atoms with van der Waals surface area (Å²) >= 11 is 1.44. The van der Waals surface area contributed by atoms with Gasteiger partial charge in [0.05, 0.1) is 10.5 Å². The van der Waals surface area contributed by atoms with Crippen LogP contribution in [0.5, 0.6) is 0 Å². The summed E-state index contributed by atoms with van der Waals surface area (Å²) in [5.74, 6) is -0.237. The highest BCUT2D eigenvalue weighted by molar-refractivity contribution is 7.89. The van der Waals surface area contributed by atoms with E-state index < -0.39 is 10.0 Å². The Labute approximate surface area is 140 Å². The van der Waals surface area contributed by atoms with Crippen LogP contribution in [0, 0.1) is 0 Å². The van der Waals surface area contributed by atoms with Gasteiger partial charge in [-0.1, -0.05) is 12.5 Å². The molecule has 1 aliphatic rings. The normalized spacial score (nSPS) is 16.2. The van der Waals surface area contributed by atoms with Crippen molar-refractivity contribution in [1.29, 1.82) is 0 Å². The Morgan fingerprint density at radius 2 is 1.91 bits per heavy atom. The van der Waals surface area contributed by atoms with Gasteiger partial charge in [0, 0.05) is 24.2 Å². The SMILES string of the molecule is O=C(Nc1cccc(S(=O)(=O)N2CCCCC2)c1)c1ccsc1. The van der Waals surface area contributed by atoms with E-state index in [1.807, 2.05) is 5.38 Å². The number of nitrogens with one attached hydrogen (secondary N) is 1. The molecule has 0 atom stereocenters. The van der Waals surface area contributed by atoms with E-state index in [4.69, 9.17) is 0 Å². The van der Waals surface area contributed by atoms with Crippen LogP contribution in [-0.4, -0.2) is 31.7 Å². The summed E-state index contributed by atoms with van der Waals surface area (Å²) < 4.78 is 26.9. The molecule has 5 nitrogen and oxygen atoms in total. The average Bonchev–Trinajstić information content (AvgIpc) is 3.10. The second kappa shape index (κ2) is 6.82. The summed E-state index contributed by atoms with van der Waals surface area (Å²) in [6.45, 7) is 1.13. The Kier molecular flexibility index (Phi) is 4.79. The van der Waals surface area contributed by atoms with Gasteiger partial charge in [-0.05, 0) is 42.5 Å². The van der Waals surface area contributed by atoms with Gasteiger partial charge in [-0.3, -0.25) is 4.79 Å². The minimum absolute atomic E-state index is 0.225. The van der Waals surface area contributed by atoms with Gasteiger partial charge in [0.2, 0.25) is 10.0 Å². The highest BCUT2D eigenvalue weighted by Crippen LogP contribution is 2.23. The maximum Gasteiger partial charge on any atom is 0.256 e. The zero-order chi connectivity index (χ0) is 16.3. The molecule has 1 N–H and O–H groups in total. The number of nitrogens with zero attached hydrogens (tertiary/aromatic N) is 1. The van der Waals surface area contributed by atoms with Crippen LogP contribution in [0.2, 0.25) is 0 Å². The Balaban J connectivity index is 1.80. The lowest BCUT2D eigenvalue weighted by atomic mass is 10.2. The predicted molar refractivity (Wildman–Crippen MR) is 91.3 cm³/mol. The van der Waals surface area contributed by atoms with Crippen LogP contribution in [0.25, 0.3) is 0 Å². The second-order valence-electron chi connectivity index (χ2n) is 5.46. The monoisotopic (exact) mass is 350 g/mol. The van der Waals surface area contributed by atoms with Gasteiger partial charge in [0.1, 0.15) is 0 Å². The molecule has 0 saturated carbocycles. The summed E-state index contributed by atoms with van der Waals surface area (Å²) in [6, 6.07) is 8.17. The lowest BCUT2D eigenvalue weighted by Gasteiger charge is -2.26. The van der Waals surface area contributed by atoms with Crippen molar-refractivity contribution in [3.05, 3.63) is 46.7 Å². The van der Waals surface area contributed by atoms with Crippen molar-refractivity contribution in [3.8, 4) is 0 Å². The molecular formula is C16H18N2O3S2. The first-order valence-corrected chi connectivity index (χ1v) is 9.89. The third kappa shape index (κ3) is 3.63. The largest absolute Gasteiger partial charge is 0.322 e.